The van der Waals surface area contributed by atoms with E-state index in [4.69, 9.17) is 4.42 Å². The third kappa shape index (κ3) is 5.59. The molecule has 1 aromatic heterocycles. The number of carbonyl (C=O) groups is 1. The smallest absolute Gasteiger partial charge is 0.277 e. The van der Waals surface area contributed by atoms with E-state index < -0.39 is 0 Å². The molecule has 0 spiro atoms. The molecule has 6 heteroatoms. The normalized spacial score (nSPS) is 21.3. The maximum absolute atomic E-state index is 12.1. The van der Waals surface area contributed by atoms with E-state index in [0.717, 1.165) is 18.8 Å². The molecule has 1 heterocycles. The lowest BCUT2D eigenvalue weighted by Crippen LogP contribution is -2.38. The van der Waals surface area contributed by atoms with Crippen LogP contribution in [0.2, 0.25) is 0 Å². The quantitative estimate of drug-likeness (QED) is 0.737. The Morgan fingerprint density at radius 3 is 2.69 bits per heavy atom. The number of hydrogen-bond acceptors (Lipinski definition) is 5. The van der Waals surface area contributed by atoms with E-state index in [-0.39, 0.29) is 5.91 Å². The van der Waals surface area contributed by atoms with Crippen molar-refractivity contribution in [2.24, 2.45) is 5.92 Å². The summed E-state index contributed by atoms with van der Waals surface area (Å²) < 4.78 is 5.69. The van der Waals surface area contributed by atoms with Crippen molar-refractivity contribution >= 4 is 17.7 Å². The molecule has 0 radical (unpaired) electrons. The van der Waals surface area contributed by atoms with Gasteiger partial charge in [-0.05, 0) is 43.1 Å². The Balaban J connectivity index is 1.42. The minimum absolute atomic E-state index is 0.0481. The Labute approximate surface area is 159 Å². The van der Waals surface area contributed by atoms with Gasteiger partial charge in [-0.2, -0.15) is 0 Å². The van der Waals surface area contributed by atoms with Crippen molar-refractivity contribution in [2.75, 3.05) is 5.75 Å². The molecule has 0 aliphatic heterocycles. The van der Waals surface area contributed by atoms with Crippen molar-refractivity contribution in [3.8, 4) is 0 Å². The summed E-state index contributed by atoms with van der Waals surface area (Å²) in [6.45, 7) is 4.42. The lowest BCUT2D eigenvalue weighted by molar-refractivity contribution is -0.119. The summed E-state index contributed by atoms with van der Waals surface area (Å²) in [5, 5.41) is 11.8. The largest absolute Gasteiger partial charge is 0.416 e. The maximum Gasteiger partial charge on any atom is 0.277 e. The highest BCUT2D eigenvalue weighted by Gasteiger charge is 2.20. The fourth-order valence-corrected chi connectivity index (χ4v) is 3.93. The third-order valence-corrected chi connectivity index (χ3v) is 5.82. The standard InChI is InChI=1S/C20H27N3O2S/c1-14-8-10-17(11-9-14)21-18(24)13-26-20-23-22-19(25-20)12-15(2)16-6-4-3-5-7-16/h3-7,14-15,17H,8-13H2,1-2H3,(H,21,24). The van der Waals surface area contributed by atoms with Crippen LogP contribution in [-0.4, -0.2) is 27.9 Å². The molecule has 2 aromatic rings. The van der Waals surface area contributed by atoms with Crippen molar-refractivity contribution < 1.29 is 9.21 Å². The van der Waals surface area contributed by atoms with Gasteiger partial charge in [-0.1, -0.05) is 55.9 Å². The van der Waals surface area contributed by atoms with Gasteiger partial charge in [0.2, 0.25) is 11.8 Å². The van der Waals surface area contributed by atoms with Gasteiger partial charge in [-0.3, -0.25) is 4.79 Å². The summed E-state index contributed by atoms with van der Waals surface area (Å²) in [5.41, 5.74) is 1.25. The molecule has 3 rings (SSSR count). The van der Waals surface area contributed by atoms with Crippen molar-refractivity contribution in [1.82, 2.24) is 15.5 Å². The zero-order chi connectivity index (χ0) is 18.4. The number of rotatable bonds is 7. The zero-order valence-electron chi connectivity index (χ0n) is 15.5. The lowest BCUT2D eigenvalue weighted by atomic mass is 9.87. The summed E-state index contributed by atoms with van der Waals surface area (Å²) in [6.07, 6.45) is 5.26. The molecule has 1 aromatic carbocycles. The van der Waals surface area contributed by atoms with Gasteiger partial charge in [0, 0.05) is 12.5 Å². The van der Waals surface area contributed by atoms with Crippen LogP contribution < -0.4 is 5.32 Å². The first kappa shape index (κ1) is 19.0. The van der Waals surface area contributed by atoms with Gasteiger partial charge in [0.15, 0.2) is 0 Å². The predicted octanol–water partition coefficient (Wildman–Crippen LogP) is 4.20. The maximum atomic E-state index is 12.1. The monoisotopic (exact) mass is 373 g/mol. The molecule has 1 atom stereocenters. The van der Waals surface area contributed by atoms with E-state index in [0.29, 0.717) is 35.2 Å². The van der Waals surface area contributed by atoms with Gasteiger partial charge in [0.1, 0.15) is 0 Å². The van der Waals surface area contributed by atoms with Gasteiger partial charge >= 0.3 is 0 Å². The highest BCUT2D eigenvalue weighted by atomic mass is 32.2. The van der Waals surface area contributed by atoms with Gasteiger partial charge in [0.05, 0.1) is 5.75 Å². The number of nitrogens with zero attached hydrogens (tertiary/aromatic N) is 2. The van der Waals surface area contributed by atoms with E-state index in [2.05, 4.69) is 41.5 Å². The van der Waals surface area contributed by atoms with Crippen molar-refractivity contribution in [2.45, 2.75) is 63.1 Å². The van der Waals surface area contributed by atoms with Gasteiger partial charge in [0.25, 0.3) is 5.22 Å². The van der Waals surface area contributed by atoms with Crippen LogP contribution >= 0.6 is 11.8 Å². The summed E-state index contributed by atoms with van der Waals surface area (Å²) in [6, 6.07) is 10.6. The van der Waals surface area contributed by atoms with Crippen LogP contribution in [0.15, 0.2) is 40.0 Å². The van der Waals surface area contributed by atoms with Gasteiger partial charge in [-0.15, -0.1) is 10.2 Å². The predicted molar refractivity (Wildman–Crippen MR) is 103 cm³/mol. The number of aromatic nitrogens is 2. The number of carbonyl (C=O) groups excluding carboxylic acids is 1. The van der Waals surface area contributed by atoms with Crippen LogP contribution in [-0.2, 0) is 11.2 Å². The first-order valence-electron chi connectivity index (χ1n) is 9.39. The second kappa shape index (κ2) is 9.21. The molecule has 26 heavy (non-hydrogen) atoms. The Hall–Kier alpha value is -1.82. The second-order valence-electron chi connectivity index (χ2n) is 7.29. The highest BCUT2D eigenvalue weighted by molar-refractivity contribution is 7.99. The Morgan fingerprint density at radius 1 is 1.23 bits per heavy atom. The molecule has 1 amide bonds. The summed E-state index contributed by atoms with van der Waals surface area (Å²) >= 11 is 1.31. The third-order valence-electron chi connectivity index (χ3n) is 5.01. The van der Waals surface area contributed by atoms with Crippen LogP contribution in [0.25, 0.3) is 0 Å². The topological polar surface area (TPSA) is 68.0 Å². The second-order valence-corrected chi connectivity index (χ2v) is 8.22. The average Bonchev–Trinajstić information content (AvgIpc) is 3.10. The van der Waals surface area contributed by atoms with E-state index in [1.54, 1.807) is 0 Å². The van der Waals surface area contributed by atoms with Gasteiger partial charge in [-0.25, -0.2) is 0 Å². The molecule has 140 valence electrons. The summed E-state index contributed by atoms with van der Waals surface area (Å²) in [7, 11) is 0. The van der Waals surface area contributed by atoms with E-state index >= 15 is 0 Å². The number of hydrogen-bond donors (Lipinski definition) is 1. The Kier molecular flexibility index (Phi) is 6.72. The van der Waals surface area contributed by atoms with Crippen LogP contribution in [0.4, 0.5) is 0 Å². The van der Waals surface area contributed by atoms with E-state index in [1.807, 2.05) is 18.2 Å². The molecule has 0 bridgehead atoms. The van der Waals surface area contributed by atoms with Gasteiger partial charge < -0.3 is 9.73 Å². The Morgan fingerprint density at radius 2 is 1.96 bits per heavy atom. The molecule has 1 N–H and O–H groups in total. The minimum Gasteiger partial charge on any atom is -0.416 e. The van der Waals surface area contributed by atoms with Crippen LogP contribution in [0.3, 0.4) is 0 Å². The molecule has 1 aliphatic rings. The van der Waals surface area contributed by atoms with Crippen LogP contribution in [0.5, 0.6) is 0 Å². The molecule has 1 unspecified atom stereocenters. The molecular weight excluding hydrogens is 346 g/mol. The molecule has 5 nitrogen and oxygen atoms in total. The Bertz CT molecular complexity index is 696. The lowest BCUT2D eigenvalue weighted by Gasteiger charge is -2.26. The van der Waals surface area contributed by atoms with Crippen molar-refractivity contribution in [3.63, 3.8) is 0 Å². The average molecular weight is 374 g/mol. The number of amides is 1. The minimum atomic E-state index is 0.0481. The number of thioether (sulfide) groups is 1. The molecule has 1 aliphatic carbocycles. The fourth-order valence-electron chi connectivity index (χ4n) is 3.34. The fraction of sp³-hybridized carbons (Fsp3) is 0.550. The zero-order valence-corrected chi connectivity index (χ0v) is 16.3. The summed E-state index contributed by atoms with van der Waals surface area (Å²) in [5.74, 6) is 2.08. The number of benzene rings is 1. The molecule has 1 fully saturated rings. The van der Waals surface area contributed by atoms with Crippen molar-refractivity contribution in [3.05, 3.63) is 41.8 Å². The van der Waals surface area contributed by atoms with E-state index in [9.17, 15) is 4.79 Å². The SMILES string of the molecule is CC1CCC(NC(=O)CSc2nnc(CC(C)c3ccccc3)o2)CC1. The molecular formula is C20H27N3O2S. The molecule has 0 saturated heterocycles. The highest BCUT2D eigenvalue weighted by Crippen LogP contribution is 2.24. The van der Waals surface area contributed by atoms with Crippen molar-refractivity contribution in [1.29, 1.82) is 0 Å². The molecule has 1 saturated carbocycles. The van der Waals surface area contributed by atoms with E-state index in [1.165, 1.54) is 30.2 Å². The number of nitrogens with one attached hydrogen (secondary N) is 1. The first-order valence-corrected chi connectivity index (χ1v) is 10.4. The van der Waals surface area contributed by atoms with Crippen LogP contribution in [0, 0.1) is 5.92 Å². The van der Waals surface area contributed by atoms with Crippen LogP contribution in [0.1, 0.15) is 56.9 Å². The summed E-state index contributed by atoms with van der Waals surface area (Å²) in [4.78, 5) is 12.1. The first-order chi connectivity index (χ1) is 12.6.